The Morgan fingerprint density at radius 2 is 1.51 bits per heavy atom. The topological polar surface area (TPSA) is 165 Å². The summed E-state index contributed by atoms with van der Waals surface area (Å²) in [5.74, 6) is -3.07. The van der Waals surface area contributed by atoms with E-state index in [4.69, 9.17) is 35.9 Å². The summed E-state index contributed by atoms with van der Waals surface area (Å²) in [6, 6.07) is 9.12. The van der Waals surface area contributed by atoms with E-state index < -0.39 is 66.7 Å². The number of hydrogen-bond acceptors (Lipinski definition) is 12. The molecular formula is C25H27N3O10S. The Labute approximate surface area is 227 Å². The summed E-state index contributed by atoms with van der Waals surface area (Å²) in [5, 5.41) is 6.56. The quantitative estimate of drug-likeness (QED) is 0.282. The van der Waals surface area contributed by atoms with Crippen LogP contribution in [0.2, 0.25) is 0 Å². The third kappa shape index (κ3) is 7.67. The number of aromatic amines is 1. The normalized spacial score (nSPS) is 22.6. The van der Waals surface area contributed by atoms with Crippen LogP contribution in [0.25, 0.3) is 12.2 Å². The third-order valence-corrected chi connectivity index (χ3v) is 5.67. The number of aromatic nitrogens is 3. The third-order valence-electron chi connectivity index (χ3n) is 5.38. The Bertz CT molecular complexity index is 1370. The van der Waals surface area contributed by atoms with E-state index in [9.17, 15) is 24.0 Å². The monoisotopic (exact) mass is 561 g/mol. The number of esters is 4. The Morgan fingerprint density at radius 1 is 0.923 bits per heavy atom. The molecule has 0 saturated carbocycles. The molecule has 1 aromatic carbocycles. The molecule has 5 atom stereocenters. The fourth-order valence-corrected chi connectivity index (χ4v) is 4.15. The van der Waals surface area contributed by atoms with E-state index in [2.05, 4.69) is 10.2 Å². The molecule has 39 heavy (non-hydrogen) atoms. The molecule has 0 amide bonds. The van der Waals surface area contributed by atoms with Crippen LogP contribution < -0.4 is 5.56 Å². The number of rotatable bonds is 8. The zero-order valence-electron chi connectivity index (χ0n) is 21.5. The van der Waals surface area contributed by atoms with Crippen molar-refractivity contribution < 1.29 is 42.9 Å². The number of hydrogen-bond donors (Lipinski definition) is 1. The number of nitrogens with one attached hydrogen (secondary N) is 1. The van der Waals surface area contributed by atoms with E-state index in [1.165, 1.54) is 6.08 Å². The van der Waals surface area contributed by atoms with Crippen molar-refractivity contribution in [3.8, 4) is 0 Å². The number of ether oxygens (including phenoxy) is 5. The highest BCUT2D eigenvalue weighted by atomic mass is 32.1. The van der Waals surface area contributed by atoms with Gasteiger partial charge in [0.2, 0.25) is 0 Å². The largest absolute Gasteiger partial charge is 0.463 e. The van der Waals surface area contributed by atoms with Gasteiger partial charge in [0.1, 0.15) is 18.4 Å². The molecule has 1 aromatic heterocycles. The lowest BCUT2D eigenvalue weighted by molar-refractivity contribution is -0.269. The molecule has 2 aromatic rings. The Kier molecular flexibility index (Phi) is 9.84. The minimum atomic E-state index is -1.51. The van der Waals surface area contributed by atoms with Crippen LogP contribution in [0.3, 0.4) is 0 Å². The summed E-state index contributed by atoms with van der Waals surface area (Å²) in [5.41, 5.74) is -0.00728. The van der Waals surface area contributed by atoms with E-state index in [1.54, 1.807) is 6.08 Å². The van der Waals surface area contributed by atoms with Gasteiger partial charge in [-0.2, -0.15) is 5.10 Å². The molecule has 0 unspecified atom stereocenters. The molecule has 1 aliphatic rings. The molecule has 1 aliphatic heterocycles. The van der Waals surface area contributed by atoms with Crippen molar-refractivity contribution >= 4 is 48.2 Å². The van der Waals surface area contributed by atoms with Gasteiger partial charge in [0.05, 0.1) is 0 Å². The van der Waals surface area contributed by atoms with Gasteiger partial charge in [-0.05, 0) is 23.9 Å². The van der Waals surface area contributed by atoms with Crippen LogP contribution >= 0.6 is 12.2 Å². The van der Waals surface area contributed by atoms with Crippen molar-refractivity contribution in [1.29, 1.82) is 0 Å². The van der Waals surface area contributed by atoms with E-state index in [-0.39, 0.29) is 10.5 Å². The maximum absolute atomic E-state index is 13.6. The Hall–Kier alpha value is -4.17. The Balaban J connectivity index is 2.16. The fourth-order valence-electron chi connectivity index (χ4n) is 3.92. The van der Waals surface area contributed by atoms with Gasteiger partial charge in [-0.15, -0.1) is 0 Å². The lowest BCUT2D eigenvalue weighted by atomic mass is 9.97. The van der Waals surface area contributed by atoms with Crippen LogP contribution in [0.1, 0.15) is 45.2 Å². The second-order valence-electron chi connectivity index (χ2n) is 8.42. The molecule has 0 aliphatic carbocycles. The predicted octanol–water partition coefficient (Wildman–Crippen LogP) is 1.73. The summed E-state index contributed by atoms with van der Waals surface area (Å²) >= 11 is 5.32. The number of carbonyl (C=O) groups excluding carboxylic acids is 4. The average Bonchev–Trinajstić information content (AvgIpc) is 2.85. The second-order valence-corrected chi connectivity index (χ2v) is 8.81. The predicted molar refractivity (Wildman–Crippen MR) is 136 cm³/mol. The standard InChI is InChI=1S/C25H27N3O10S/c1-13(29)34-12-19-20(35-14(2)30)21(36-15(3)31)22(37-16(4)32)24(38-19)28-23(33)18(26-27-25(28)39)11-10-17-8-6-5-7-9-17/h5-11,19-22,24H,12H2,1-4H3,(H,27,39)/b11-10+/t19-,20-,21+,22-,24-/m1/s1. The van der Waals surface area contributed by atoms with Gasteiger partial charge in [-0.1, -0.05) is 36.4 Å². The first-order chi connectivity index (χ1) is 18.5. The van der Waals surface area contributed by atoms with Crippen molar-refractivity contribution in [2.75, 3.05) is 6.61 Å². The van der Waals surface area contributed by atoms with Gasteiger partial charge in [0, 0.05) is 27.7 Å². The van der Waals surface area contributed by atoms with Crippen molar-refractivity contribution in [3.63, 3.8) is 0 Å². The zero-order chi connectivity index (χ0) is 28.7. The average molecular weight is 562 g/mol. The molecule has 0 spiro atoms. The highest BCUT2D eigenvalue weighted by molar-refractivity contribution is 7.71. The molecule has 3 rings (SSSR count). The molecule has 0 bridgehead atoms. The fraction of sp³-hybridized carbons (Fsp3) is 0.400. The minimum absolute atomic E-state index is 0.0692. The van der Waals surface area contributed by atoms with Crippen LogP contribution in [-0.4, -0.2) is 69.7 Å². The van der Waals surface area contributed by atoms with E-state index in [0.29, 0.717) is 0 Å². The van der Waals surface area contributed by atoms with Gasteiger partial charge >= 0.3 is 23.9 Å². The molecular weight excluding hydrogens is 534 g/mol. The lowest BCUT2D eigenvalue weighted by Gasteiger charge is -2.44. The van der Waals surface area contributed by atoms with Crippen molar-refractivity contribution in [3.05, 3.63) is 56.7 Å². The summed E-state index contributed by atoms with van der Waals surface area (Å²) in [6.45, 7) is 4.00. The number of carbonyl (C=O) groups is 4. The first-order valence-corrected chi connectivity index (χ1v) is 12.1. The molecule has 2 heterocycles. The molecule has 0 radical (unpaired) electrons. The minimum Gasteiger partial charge on any atom is -0.463 e. The van der Waals surface area contributed by atoms with Crippen molar-refractivity contribution in [2.45, 2.75) is 58.3 Å². The molecule has 208 valence electrons. The summed E-state index contributed by atoms with van der Waals surface area (Å²) in [7, 11) is 0. The van der Waals surface area contributed by atoms with E-state index in [1.807, 2.05) is 30.3 Å². The molecule has 1 N–H and O–H groups in total. The molecule has 13 nitrogen and oxygen atoms in total. The van der Waals surface area contributed by atoms with Crippen LogP contribution in [-0.2, 0) is 42.9 Å². The SMILES string of the molecule is CC(=O)OC[C@H]1O[C@@H](n2c(=S)[nH]nc(/C=C/c3ccccc3)c2=O)[C@H](OC(C)=O)[C@@H](OC(C)=O)[C@@H]1OC(C)=O. The maximum Gasteiger partial charge on any atom is 0.303 e. The van der Waals surface area contributed by atoms with Gasteiger partial charge in [0.25, 0.3) is 5.56 Å². The van der Waals surface area contributed by atoms with Crippen molar-refractivity contribution in [1.82, 2.24) is 14.8 Å². The van der Waals surface area contributed by atoms with Crippen LogP contribution in [0.4, 0.5) is 0 Å². The number of benzene rings is 1. The van der Waals surface area contributed by atoms with Gasteiger partial charge in [0.15, 0.2) is 29.3 Å². The van der Waals surface area contributed by atoms with E-state index >= 15 is 0 Å². The second kappa shape index (κ2) is 13.1. The summed E-state index contributed by atoms with van der Waals surface area (Å²) in [6.07, 6.45) is -4.01. The first kappa shape index (κ1) is 29.4. The molecule has 14 heteroatoms. The molecule has 1 fully saturated rings. The zero-order valence-corrected chi connectivity index (χ0v) is 22.3. The van der Waals surface area contributed by atoms with Crippen molar-refractivity contribution in [2.24, 2.45) is 0 Å². The Morgan fingerprint density at radius 3 is 2.10 bits per heavy atom. The van der Waals surface area contributed by atoms with Crippen LogP contribution in [0.15, 0.2) is 35.1 Å². The highest BCUT2D eigenvalue weighted by Gasteiger charge is 2.53. The number of H-pyrrole nitrogens is 1. The summed E-state index contributed by atoms with van der Waals surface area (Å²) in [4.78, 5) is 61.2. The maximum atomic E-state index is 13.6. The van der Waals surface area contributed by atoms with Crippen LogP contribution in [0.5, 0.6) is 0 Å². The lowest BCUT2D eigenvalue weighted by Crippen LogP contribution is -2.61. The smallest absolute Gasteiger partial charge is 0.303 e. The van der Waals surface area contributed by atoms with Gasteiger partial charge in [-0.3, -0.25) is 33.6 Å². The van der Waals surface area contributed by atoms with Gasteiger partial charge in [-0.25, -0.2) is 0 Å². The molecule has 1 saturated heterocycles. The van der Waals surface area contributed by atoms with Crippen LogP contribution in [0, 0.1) is 4.77 Å². The number of nitrogens with zero attached hydrogens (tertiary/aromatic N) is 2. The van der Waals surface area contributed by atoms with E-state index in [0.717, 1.165) is 37.8 Å². The summed E-state index contributed by atoms with van der Waals surface area (Å²) < 4.78 is 28.1. The van der Waals surface area contributed by atoms with Gasteiger partial charge < -0.3 is 23.7 Å². The highest BCUT2D eigenvalue weighted by Crippen LogP contribution is 2.34. The first-order valence-electron chi connectivity index (χ1n) is 11.7.